The van der Waals surface area contributed by atoms with Gasteiger partial charge in [0.25, 0.3) is 5.91 Å². The normalized spacial score (nSPS) is 19.8. The molecule has 7 heteroatoms. The molecule has 1 heterocycles. The molecule has 4 rings (SSSR count). The van der Waals surface area contributed by atoms with E-state index < -0.39 is 11.6 Å². The van der Waals surface area contributed by atoms with Gasteiger partial charge in [0.1, 0.15) is 5.54 Å². The largest absolute Gasteiger partial charge is 0.326 e. The maximum absolute atomic E-state index is 13.2. The first-order valence-corrected chi connectivity index (χ1v) is 10.9. The number of nitrogens with one attached hydrogen (secondary N) is 2. The van der Waals surface area contributed by atoms with Crippen molar-refractivity contribution in [1.29, 1.82) is 0 Å². The van der Waals surface area contributed by atoms with Gasteiger partial charge in [0, 0.05) is 24.1 Å². The molecule has 1 unspecified atom stereocenters. The number of amides is 4. The lowest BCUT2D eigenvalue weighted by atomic mass is 9.78. The van der Waals surface area contributed by atoms with Crippen molar-refractivity contribution in [2.75, 3.05) is 11.9 Å². The summed E-state index contributed by atoms with van der Waals surface area (Å²) >= 11 is 0. The molecule has 0 saturated carbocycles. The Balaban J connectivity index is 1.42. The molecule has 0 bridgehead atoms. The van der Waals surface area contributed by atoms with Crippen molar-refractivity contribution in [3.05, 3.63) is 65.2 Å². The van der Waals surface area contributed by atoms with Crippen LogP contribution in [0.4, 0.5) is 10.5 Å². The van der Waals surface area contributed by atoms with Crippen molar-refractivity contribution in [1.82, 2.24) is 10.2 Å². The molecule has 2 N–H and O–H groups in total. The fourth-order valence-electron chi connectivity index (χ4n) is 4.40. The molecule has 166 valence electrons. The van der Waals surface area contributed by atoms with E-state index in [1.807, 2.05) is 38.1 Å². The van der Waals surface area contributed by atoms with E-state index in [1.165, 1.54) is 5.56 Å². The number of nitrogens with zero attached hydrogens (tertiary/aromatic N) is 1. The van der Waals surface area contributed by atoms with Crippen molar-refractivity contribution in [3.63, 3.8) is 0 Å². The average Bonchev–Trinajstić information content (AvgIpc) is 2.97. The molecule has 4 amide bonds. The Hall–Kier alpha value is -3.48. The lowest BCUT2D eigenvalue weighted by Crippen LogP contribution is -2.51. The van der Waals surface area contributed by atoms with Gasteiger partial charge in [-0.25, -0.2) is 4.79 Å². The number of hydrogen-bond acceptors (Lipinski definition) is 4. The van der Waals surface area contributed by atoms with E-state index in [9.17, 15) is 19.2 Å². The standard InChI is InChI=1S/C25H27N3O4/c1-16(2)13-22(30)26-20-9-7-18(8-10-20)21(29)15-28-23(31)25(27-24(28)32)12-11-17-5-3-4-6-19(17)14-25/h3-10,16H,11-15H2,1-2H3,(H,26,30)(H,27,32). The Kier molecular flexibility index (Phi) is 5.82. The van der Waals surface area contributed by atoms with E-state index in [0.717, 1.165) is 10.5 Å². The molecule has 7 nitrogen and oxygen atoms in total. The third-order valence-corrected chi connectivity index (χ3v) is 6.06. The predicted molar refractivity (Wildman–Crippen MR) is 120 cm³/mol. The molecule has 1 atom stereocenters. The number of carbonyl (C=O) groups excluding carboxylic acids is 4. The zero-order chi connectivity index (χ0) is 22.9. The summed E-state index contributed by atoms with van der Waals surface area (Å²) in [6.07, 6.45) is 2.07. The number of hydrogen-bond donors (Lipinski definition) is 2. The van der Waals surface area contributed by atoms with Crippen LogP contribution in [0.25, 0.3) is 0 Å². The SMILES string of the molecule is CC(C)CC(=O)Nc1ccc(C(=O)CN2C(=O)NC3(CCc4ccccc4C3)C2=O)cc1. The molecule has 1 spiro atoms. The summed E-state index contributed by atoms with van der Waals surface area (Å²) in [4.78, 5) is 51.5. The predicted octanol–water partition coefficient (Wildman–Crippen LogP) is 3.33. The van der Waals surface area contributed by atoms with Crippen molar-refractivity contribution in [3.8, 4) is 0 Å². The number of aryl methyl sites for hydroxylation is 1. The summed E-state index contributed by atoms with van der Waals surface area (Å²) in [5.41, 5.74) is 2.24. The summed E-state index contributed by atoms with van der Waals surface area (Å²) < 4.78 is 0. The van der Waals surface area contributed by atoms with Crippen molar-refractivity contribution in [2.24, 2.45) is 5.92 Å². The summed E-state index contributed by atoms with van der Waals surface area (Å²) in [5, 5.41) is 5.65. The van der Waals surface area contributed by atoms with Gasteiger partial charge in [0.15, 0.2) is 5.78 Å². The van der Waals surface area contributed by atoms with Gasteiger partial charge < -0.3 is 10.6 Å². The van der Waals surface area contributed by atoms with Crippen LogP contribution in [0, 0.1) is 5.92 Å². The third kappa shape index (κ3) is 4.28. The first kappa shape index (κ1) is 21.7. The molecule has 0 radical (unpaired) electrons. The number of urea groups is 1. The van der Waals surface area contributed by atoms with Gasteiger partial charge in [-0.1, -0.05) is 38.1 Å². The number of Topliss-reactive ketones (excluding diaryl/α,β-unsaturated/α-hetero) is 1. The van der Waals surface area contributed by atoms with Crippen LogP contribution in [0.5, 0.6) is 0 Å². The van der Waals surface area contributed by atoms with Crippen molar-refractivity contribution >= 4 is 29.3 Å². The molecule has 1 fully saturated rings. The number of fused-ring (bicyclic) bond motifs is 1. The highest BCUT2D eigenvalue weighted by Crippen LogP contribution is 2.33. The summed E-state index contributed by atoms with van der Waals surface area (Å²) in [6.45, 7) is 3.62. The Morgan fingerprint density at radius 1 is 1.06 bits per heavy atom. The highest BCUT2D eigenvalue weighted by atomic mass is 16.2. The zero-order valence-electron chi connectivity index (χ0n) is 18.3. The first-order chi connectivity index (χ1) is 15.3. The van der Waals surface area contributed by atoms with Gasteiger partial charge in [-0.2, -0.15) is 0 Å². The van der Waals surface area contributed by atoms with Gasteiger partial charge in [-0.15, -0.1) is 0 Å². The number of ketones is 1. The van der Waals surface area contributed by atoms with Crippen LogP contribution in [-0.4, -0.2) is 40.6 Å². The molecule has 32 heavy (non-hydrogen) atoms. The van der Waals surface area contributed by atoms with Gasteiger partial charge in [-0.3, -0.25) is 19.3 Å². The van der Waals surface area contributed by atoms with Crippen LogP contribution in [-0.2, 0) is 22.4 Å². The van der Waals surface area contributed by atoms with Crippen LogP contribution in [0.3, 0.4) is 0 Å². The topological polar surface area (TPSA) is 95.6 Å². The Labute approximate surface area is 187 Å². The van der Waals surface area contributed by atoms with E-state index in [-0.39, 0.29) is 30.1 Å². The average molecular weight is 434 g/mol. The number of imide groups is 1. The molecule has 2 aliphatic rings. The first-order valence-electron chi connectivity index (χ1n) is 10.9. The second-order valence-electron chi connectivity index (χ2n) is 9.00. The highest BCUT2D eigenvalue weighted by Gasteiger charge is 2.52. The summed E-state index contributed by atoms with van der Waals surface area (Å²) in [7, 11) is 0. The molecule has 2 aromatic rings. The van der Waals surface area contributed by atoms with Gasteiger partial charge >= 0.3 is 6.03 Å². The second-order valence-corrected chi connectivity index (χ2v) is 9.00. The Morgan fingerprint density at radius 3 is 2.44 bits per heavy atom. The van der Waals surface area contributed by atoms with Crippen LogP contribution >= 0.6 is 0 Å². The highest BCUT2D eigenvalue weighted by molar-refractivity contribution is 6.11. The second kappa shape index (κ2) is 8.57. The minimum absolute atomic E-state index is 0.0854. The molecular weight excluding hydrogens is 406 g/mol. The van der Waals surface area contributed by atoms with E-state index in [0.29, 0.717) is 36.9 Å². The smallest absolute Gasteiger partial charge is 0.325 e. The lowest BCUT2D eigenvalue weighted by molar-refractivity contribution is -0.131. The van der Waals surface area contributed by atoms with Crippen molar-refractivity contribution in [2.45, 2.75) is 45.1 Å². The van der Waals surface area contributed by atoms with Crippen LogP contribution in [0.15, 0.2) is 48.5 Å². The Bertz CT molecular complexity index is 1080. The molecule has 1 aliphatic carbocycles. The molecule has 1 saturated heterocycles. The van der Waals surface area contributed by atoms with E-state index in [2.05, 4.69) is 10.6 Å². The van der Waals surface area contributed by atoms with Crippen molar-refractivity contribution < 1.29 is 19.2 Å². The van der Waals surface area contributed by atoms with Crippen LogP contribution in [0.1, 0.15) is 48.2 Å². The minimum atomic E-state index is -0.976. The Morgan fingerprint density at radius 2 is 1.75 bits per heavy atom. The maximum atomic E-state index is 13.2. The van der Waals surface area contributed by atoms with Crippen LogP contribution < -0.4 is 10.6 Å². The number of benzene rings is 2. The van der Waals surface area contributed by atoms with E-state index >= 15 is 0 Å². The van der Waals surface area contributed by atoms with E-state index in [1.54, 1.807) is 24.3 Å². The quantitative estimate of drug-likeness (QED) is 0.540. The molecule has 1 aliphatic heterocycles. The lowest BCUT2D eigenvalue weighted by Gasteiger charge is -2.32. The van der Waals surface area contributed by atoms with Gasteiger partial charge in [-0.05, 0) is 54.2 Å². The number of rotatable bonds is 6. The fourth-order valence-corrected chi connectivity index (χ4v) is 4.40. The summed E-state index contributed by atoms with van der Waals surface area (Å²) in [5.74, 6) is -0.511. The minimum Gasteiger partial charge on any atom is -0.326 e. The molecule has 0 aromatic heterocycles. The van der Waals surface area contributed by atoms with E-state index in [4.69, 9.17) is 0 Å². The number of carbonyl (C=O) groups is 4. The zero-order valence-corrected chi connectivity index (χ0v) is 18.3. The molecule has 2 aromatic carbocycles. The van der Waals surface area contributed by atoms with Gasteiger partial charge in [0.2, 0.25) is 5.91 Å². The fraction of sp³-hybridized carbons (Fsp3) is 0.360. The third-order valence-electron chi connectivity index (χ3n) is 6.06. The van der Waals surface area contributed by atoms with Gasteiger partial charge in [0.05, 0.1) is 6.54 Å². The molecular formula is C25H27N3O4. The summed E-state index contributed by atoms with van der Waals surface area (Å²) in [6, 6.07) is 13.9. The maximum Gasteiger partial charge on any atom is 0.325 e. The monoisotopic (exact) mass is 433 g/mol. The number of anilines is 1. The van der Waals surface area contributed by atoms with Crippen LogP contribution in [0.2, 0.25) is 0 Å².